The summed E-state index contributed by atoms with van der Waals surface area (Å²) in [6, 6.07) is 75.3. The number of imidazole rings is 1. The van der Waals surface area contributed by atoms with E-state index in [9.17, 15) is 0 Å². The molecule has 0 fully saturated rings. The molecule has 0 aliphatic carbocycles. The van der Waals surface area contributed by atoms with E-state index in [0.717, 1.165) is 56.5 Å². The highest BCUT2D eigenvalue weighted by Gasteiger charge is 2.39. The second kappa shape index (κ2) is 12.8. The summed E-state index contributed by atoms with van der Waals surface area (Å²) in [4.78, 5) is 7.68. The van der Waals surface area contributed by atoms with E-state index in [0.29, 0.717) is 0 Å². The van der Waals surface area contributed by atoms with Gasteiger partial charge in [-0.15, -0.1) is 0 Å². The molecule has 6 nitrogen and oxygen atoms in total. The number of nitrogens with zero attached hydrogens (tertiary/aromatic N) is 6. The van der Waals surface area contributed by atoms with Crippen LogP contribution in [0.5, 0.6) is 0 Å². The first-order valence-electron chi connectivity index (χ1n) is 22.1. The summed E-state index contributed by atoms with van der Waals surface area (Å²) in [5.41, 5.74) is 15.6. The zero-order valence-electron chi connectivity index (χ0n) is 35.3. The molecular formula is C58H40N6. The summed E-state index contributed by atoms with van der Waals surface area (Å²) in [6.07, 6.45) is 0. The Morgan fingerprint density at radius 3 is 1.27 bits per heavy atom. The van der Waals surface area contributed by atoms with Crippen LogP contribution < -0.4 is 4.90 Å². The lowest BCUT2D eigenvalue weighted by Crippen LogP contribution is -2.36. The standard InChI is InChI=1S/C58H40N6/c1-58(2)47-31-28-40(36-56(47)63(37-16-4-3-5-17-37)57-59-48-22-10-15-27-55(48)64(57)58)62-53-32-29-38(60-49-23-11-6-18-41(49)42-19-7-12-24-50(42)60)34-45(53)46-35-39(30-33-54(46)62)61-51-25-13-8-20-43(51)44-21-9-14-26-52(44)61/h3-36H,1-2H3. The Morgan fingerprint density at radius 1 is 0.344 bits per heavy atom. The van der Waals surface area contributed by atoms with Crippen LogP contribution in [0, 0.1) is 0 Å². The molecule has 302 valence electrons. The van der Waals surface area contributed by atoms with Gasteiger partial charge in [0, 0.05) is 60.6 Å². The van der Waals surface area contributed by atoms with Gasteiger partial charge in [0.15, 0.2) is 0 Å². The molecule has 0 amide bonds. The van der Waals surface area contributed by atoms with Gasteiger partial charge in [0.2, 0.25) is 5.95 Å². The van der Waals surface area contributed by atoms with Gasteiger partial charge in [-0.25, -0.2) is 4.98 Å². The van der Waals surface area contributed by atoms with Gasteiger partial charge in [-0.1, -0.05) is 109 Å². The number of rotatable bonds is 4. The maximum absolute atomic E-state index is 5.33. The number of anilines is 3. The van der Waals surface area contributed by atoms with Gasteiger partial charge in [-0.2, -0.15) is 0 Å². The average molecular weight is 821 g/mol. The van der Waals surface area contributed by atoms with Crippen LogP contribution in [-0.4, -0.2) is 23.3 Å². The van der Waals surface area contributed by atoms with Crippen LogP contribution in [0.2, 0.25) is 0 Å². The third-order valence-corrected chi connectivity index (χ3v) is 13.9. The summed E-state index contributed by atoms with van der Waals surface area (Å²) in [5, 5.41) is 7.39. The third-order valence-electron chi connectivity index (χ3n) is 13.9. The van der Waals surface area contributed by atoms with Crippen molar-refractivity contribution >= 4 is 93.8 Å². The summed E-state index contributed by atoms with van der Waals surface area (Å²) >= 11 is 0. The Labute approximate surface area is 368 Å². The van der Waals surface area contributed by atoms with Crippen LogP contribution in [0.1, 0.15) is 19.4 Å². The number of benzene rings is 9. The van der Waals surface area contributed by atoms with Crippen molar-refractivity contribution in [2.24, 2.45) is 0 Å². The van der Waals surface area contributed by atoms with Crippen molar-refractivity contribution in [1.82, 2.24) is 23.3 Å². The molecule has 0 radical (unpaired) electrons. The molecule has 0 N–H and O–H groups in total. The van der Waals surface area contributed by atoms with Crippen molar-refractivity contribution in [3.05, 3.63) is 212 Å². The largest absolute Gasteiger partial charge is 0.309 e. The fourth-order valence-electron chi connectivity index (χ4n) is 11.1. The zero-order chi connectivity index (χ0) is 42.3. The lowest BCUT2D eigenvalue weighted by atomic mass is 9.89. The maximum atomic E-state index is 5.33. The first-order chi connectivity index (χ1) is 31.5. The summed E-state index contributed by atoms with van der Waals surface area (Å²) in [6.45, 7) is 4.64. The minimum atomic E-state index is -0.375. The van der Waals surface area contributed by atoms with E-state index >= 15 is 0 Å². The van der Waals surface area contributed by atoms with Crippen molar-refractivity contribution in [2.75, 3.05) is 4.90 Å². The molecule has 4 aromatic heterocycles. The van der Waals surface area contributed by atoms with Crippen molar-refractivity contribution in [3.63, 3.8) is 0 Å². The van der Waals surface area contributed by atoms with E-state index in [1.54, 1.807) is 0 Å². The van der Waals surface area contributed by atoms with Gasteiger partial charge in [0.25, 0.3) is 0 Å². The Morgan fingerprint density at radius 2 is 0.750 bits per heavy atom. The molecule has 13 aromatic rings. The smallest absolute Gasteiger partial charge is 0.216 e. The SMILES string of the molecule is CC1(C)c2ccc(-n3c4ccc(-n5c6ccccc6c6ccccc65)cc4c4cc(-n5c6ccccc6c6ccccc65)ccc43)cc2N(c2ccccc2)c2nc3ccccc3n21. The van der Waals surface area contributed by atoms with Crippen LogP contribution >= 0.6 is 0 Å². The molecule has 9 aromatic carbocycles. The molecule has 1 aliphatic heterocycles. The Balaban J connectivity index is 1.05. The zero-order valence-corrected chi connectivity index (χ0v) is 35.3. The molecule has 0 spiro atoms. The highest BCUT2D eigenvalue weighted by molar-refractivity contribution is 6.14. The average Bonchev–Trinajstić information content (AvgIpc) is 4.08. The van der Waals surface area contributed by atoms with Crippen molar-refractivity contribution in [2.45, 2.75) is 19.4 Å². The van der Waals surface area contributed by atoms with Crippen LogP contribution in [0.4, 0.5) is 17.3 Å². The molecule has 1 aliphatic rings. The van der Waals surface area contributed by atoms with E-state index in [1.807, 2.05) is 0 Å². The van der Waals surface area contributed by atoms with Gasteiger partial charge in [0.1, 0.15) is 0 Å². The number of para-hydroxylation sites is 7. The van der Waals surface area contributed by atoms with Gasteiger partial charge >= 0.3 is 0 Å². The van der Waals surface area contributed by atoms with Crippen molar-refractivity contribution in [3.8, 4) is 17.1 Å². The molecule has 6 heteroatoms. The molecule has 0 unspecified atom stereocenters. The summed E-state index contributed by atoms with van der Waals surface area (Å²) < 4.78 is 9.72. The quantitative estimate of drug-likeness (QED) is 0.177. The molecule has 14 rings (SSSR count). The first-order valence-corrected chi connectivity index (χ1v) is 22.1. The van der Waals surface area contributed by atoms with Gasteiger partial charge in [0.05, 0.1) is 55.4 Å². The van der Waals surface area contributed by atoms with Crippen LogP contribution in [0.25, 0.3) is 93.5 Å². The predicted molar refractivity (Wildman–Crippen MR) is 266 cm³/mol. The fourth-order valence-corrected chi connectivity index (χ4v) is 11.1. The molecule has 0 atom stereocenters. The number of hydrogen-bond donors (Lipinski definition) is 0. The second-order valence-corrected chi connectivity index (χ2v) is 17.6. The lowest BCUT2D eigenvalue weighted by molar-refractivity contribution is 0.442. The Bertz CT molecular complexity index is 3790. The lowest BCUT2D eigenvalue weighted by Gasteiger charge is -2.41. The van der Waals surface area contributed by atoms with E-state index in [4.69, 9.17) is 4.98 Å². The monoisotopic (exact) mass is 820 g/mol. The van der Waals surface area contributed by atoms with Gasteiger partial charge in [-0.05, 0) is 111 Å². The second-order valence-electron chi connectivity index (χ2n) is 17.6. The molecule has 0 bridgehead atoms. The van der Waals surface area contributed by atoms with Gasteiger partial charge < -0.3 is 13.7 Å². The minimum absolute atomic E-state index is 0.375. The van der Waals surface area contributed by atoms with E-state index in [1.165, 1.54) is 59.9 Å². The van der Waals surface area contributed by atoms with E-state index in [-0.39, 0.29) is 5.54 Å². The van der Waals surface area contributed by atoms with Gasteiger partial charge in [-0.3, -0.25) is 9.47 Å². The van der Waals surface area contributed by atoms with E-state index in [2.05, 4.69) is 243 Å². The minimum Gasteiger partial charge on any atom is -0.309 e. The number of fused-ring (bicyclic) bond motifs is 13. The topological polar surface area (TPSA) is 35.9 Å². The van der Waals surface area contributed by atoms with Crippen molar-refractivity contribution < 1.29 is 0 Å². The predicted octanol–water partition coefficient (Wildman–Crippen LogP) is 14.9. The highest BCUT2D eigenvalue weighted by Crippen LogP contribution is 2.50. The number of aromatic nitrogens is 5. The van der Waals surface area contributed by atoms with Crippen molar-refractivity contribution in [1.29, 1.82) is 0 Å². The Kier molecular flexibility index (Phi) is 7.08. The molecule has 0 saturated carbocycles. The van der Waals surface area contributed by atoms with Crippen LogP contribution in [0.15, 0.2) is 206 Å². The third kappa shape index (κ3) is 4.71. The molecule has 0 saturated heterocycles. The normalized spacial score (nSPS) is 13.6. The summed E-state index contributed by atoms with van der Waals surface area (Å²) in [7, 11) is 0. The fraction of sp³-hybridized carbons (Fsp3) is 0.0517. The highest BCUT2D eigenvalue weighted by atomic mass is 15.4. The molecule has 64 heavy (non-hydrogen) atoms. The molecule has 5 heterocycles. The Hall–Kier alpha value is -8.35. The van der Waals surface area contributed by atoms with Crippen LogP contribution in [0.3, 0.4) is 0 Å². The summed E-state index contributed by atoms with van der Waals surface area (Å²) in [5.74, 6) is 0.913. The van der Waals surface area contributed by atoms with E-state index < -0.39 is 0 Å². The number of hydrogen-bond acceptors (Lipinski definition) is 2. The maximum Gasteiger partial charge on any atom is 0.216 e. The van der Waals surface area contributed by atoms with Crippen LogP contribution in [-0.2, 0) is 5.54 Å². The molecular weight excluding hydrogens is 781 g/mol. The first kappa shape index (κ1) is 35.3.